The average molecular weight is 638 g/mol. The number of nitrogens with zero attached hydrogens (tertiary/aromatic N) is 1. The van der Waals surface area contributed by atoms with Crippen molar-refractivity contribution in [2.75, 3.05) is 12.0 Å². The molecule has 0 bridgehead atoms. The van der Waals surface area contributed by atoms with Crippen LogP contribution < -0.4 is 24.4 Å². The lowest BCUT2D eigenvalue weighted by Crippen LogP contribution is -2.54. The molecule has 4 aromatic rings. The van der Waals surface area contributed by atoms with Crippen molar-refractivity contribution in [1.82, 2.24) is 5.32 Å². The Balaban J connectivity index is 1.30. The third-order valence-corrected chi connectivity index (χ3v) is 7.38. The number of carbonyl (C=O) groups is 3. The molecule has 1 saturated heterocycles. The van der Waals surface area contributed by atoms with E-state index in [0.717, 1.165) is 16.0 Å². The van der Waals surface area contributed by atoms with Crippen molar-refractivity contribution < 1.29 is 28.6 Å². The molecular formula is C32H23Cl3N2O6. The minimum Gasteiger partial charge on any atom is -0.493 e. The molecule has 1 heterocycles. The number of halogens is 3. The van der Waals surface area contributed by atoms with E-state index in [1.807, 2.05) is 12.1 Å². The second kappa shape index (κ2) is 13.2. The highest BCUT2D eigenvalue weighted by Crippen LogP contribution is 2.31. The van der Waals surface area contributed by atoms with E-state index in [1.165, 1.54) is 13.2 Å². The number of barbiturate groups is 1. The number of carbonyl (C=O) groups excluding carboxylic acids is 3. The van der Waals surface area contributed by atoms with Crippen LogP contribution in [0.5, 0.6) is 17.2 Å². The van der Waals surface area contributed by atoms with Gasteiger partial charge in [0, 0.05) is 5.02 Å². The predicted molar refractivity (Wildman–Crippen MR) is 165 cm³/mol. The summed E-state index contributed by atoms with van der Waals surface area (Å²) in [7, 11) is 1.47. The minimum atomic E-state index is -0.856. The maximum atomic E-state index is 13.4. The number of anilines is 1. The first-order chi connectivity index (χ1) is 20.7. The zero-order valence-electron chi connectivity index (χ0n) is 22.6. The van der Waals surface area contributed by atoms with E-state index in [0.29, 0.717) is 44.5 Å². The van der Waals surface area contributed by atoms with Crippen molar-refractivity contribution in [3.63, 3.8) is 0 Å². The van der Waals surface area contributed by atoms with E-state index in [9.17, 15) is 14.4 Å². The van der Waals surface area contributed by atoms with Crippen LogP contribution in [0.4, 0.5) is 10.5 Å². The fraction of sp³-hybridized carbons (Fsp3) is 0.0938. The highest BCUT2D eigenvalue weighted by Gasteiger charge is 2.36. The first kappa shape index (κ1) is 30.0. The molecule has 0 aliphatic carbocycles. The van der Waals surface area contributed by atoms with Gasteiger partial charge in [0.15, 0.2) is 11.5 Å². The minimum absolute atomic E-state index is 0.205. The summed E-state index contributed by atoms with van der Waals surface area (Å²) in [5, 5.41) is 3.71. The standard InChI is InChI=1S/C32H23Cl3N2O6/c1-41-29-16-20(5-13-28(29)43-18-21-4-12-26(34)27(35)15-21)14-25-30(38)36-32(40)37(31(25)39)23-8-10-24(11-9-23)42-17-19-2-6-22(33)7-3-19/h2-16H,17-18H2,1H3,(H,36,38,40)/b25-14+. The summed E-state index contributed by atoms with van der Waals surface area (Å²) >= 11 is 18.0. The van der Waals surface area contributed by atoms with Gasteiger partial charge in [0.1, 0.15) is 24.5 Å². The van der Waals surface area contributed by atoms with E-state index in [1.54, 1.807) is 72.8 Å². The molecular weight excluding hydrogens is 615 g/mol. The van der Waals surface area contributed by atoms with Crippen LogP contribution in [0.15, 0.2) is 90.5 Å². The van der Waals surface area contributed by atoms with Crippen LogP contribution in [0.25, 0.3) is 6.08 Å². The van der Waals surface area contributed by atoms with Gasteiger partial charge in [-0.3, -0.25) is 14.9 Å². The Morgan fingerprint density at radius 2 is 1.44 bits per heavy atom. The number of rotatable bonds is 9. The maximum Gasteiger partial charge on any atom is 0.335 e. The van der Waals surface area contributed by atoms with Gasteiger partial charge in [-0.1, -0.05) is 59.1 Å². The Bertz CT molecular complexity index is 1720. The molecule has 1 N–H and O–H groups in total. The average Bonchev–Trinajstić information content (AvgIpc) is 3.00. The number of imide groups is 2. The number of nitrogens with one attached hydrogen (secondary N) is 1. The lowest BCUT2D eigenvalue weighted by Gasteiger charge is -2.26. The molecule has 0 aromatic heterocycles. The molecule has 11 heteroatoms. The number of ether oxygens (including phenoxy) is 3. The van der Waals surface area contributed by atoms with Crippen LogP contribution in [0.1, 0.15) is 16.7 Å². The van der Waals surface area contributed by atoms with Crippen molar-refractivity contribution in [3.05, 3.63) is 122 Å². The SMILES string of the molecule is COc1cc(/C=C2\C(=O)NC(=O)N(c3ccc(OCc4ccc(Cl)cc4)cc3)C2=O)ccc1OCc1ccc(Cl)c(Cl)c1. The van der Waals surface area contributed by atoms with Crippen molar-refractivity contribution in [2.45, 2.75) is 13.2 Å². The maximum absolute atomic E-state index is 13.4. The molecule has 5 rings (SSSR count). The van der Waals surface area contributed by atoms with E-state index < -0.39 is 17.8 Å². The zero-order valence-corrected chi connectivity index (χ0v) is 24.9. The molecule has 4 amide bonds. The largest absolute Gasteiger partial charge is 0.493 e. The lowest BCUT2D eigenvalue weighted by molar-refractivity contribution is -0.122. The summed E-state index contributed by atoms with van der Waals surface area (Å²) in [5.41, 5.74) is 2.25. The Hall–Kier alpha value is -4.50. The molecule has 0 spiro atoms. The topological polar surface area (TPSA) is 94.2 Å². The summed E-state index contributed by atoms with van der Waals surface area (Å²) in [4.78, 5) is 39.6. The molecule has 0 atom stereocenters. The summed E-state index contributed by atoms with van der Waals surface area (Å²) < 4.78 is 17.1. The van der Waals surface area contributed by atoms with Gasteiger partial charge in [-0.15, -0.1) is 0 Å². The normalized spacial score (nSPS) is 14.1. The van der Waals surface area contributed by atoms with Crippen molar-refractivity contribution in [3.8, 4) is 17.2 Å². The highest BCUT2D eigenvalue weighted by molar-refractivity contribution is 6.42. The number of methoxy groups -OCH3 is 1. The van der Waals surface area contributed by atoms with Crippen molar-refractivity contribution >= 4 is 64.4 Å². The van der Waals surface area contributed by atoms with Crippen LogP contribution in [-0.4, -0.2) is 25.0 Å². The second-order valence-corrected chi connectivity index (χ2v) is 10.6. The first-order valence-corrected chi connectivity index (χ1v) is 14.0. The van der Waals surface area contributed by atoms with Gasteiger partial charge < -0.3 is 14.2 Å². The molecule has 1 fully saturated rings. The van der Waals surface area contributed by atoms with Gasteiger partial charge in [-0.05, 0) is 83.4 Å². The second-order valence-electron chi connectivity index (χ2n) is 9.31. The van der Waals surface area contributed by atoms with Gasteiger partial charge in [0.2, 0.25) is 0 Å². The molecule has 4 aromatic carbocycles. The van der Waals surface area contributed by atoms with Crippen molar-refractivity contribution in [1.29, 1.82) is 0 Å². The zero-order chi connectivity index (χ0) is 30.5. The van der Waals surface area contributed by atoms with Crippen LogP contribution in [0.3, 0.4) is 0 Å². The predicted octanol–water partition coefficient (Wildman–Crippen LogP) is 7.48. The highest BCUT2D eigenvalue weighted by atomic mass is 35.5. The molecule has 1 aliphatic rings. The van der Waals surface area contributed by atoms with Crippen LogP contribution in [0.2, 0.25) is 15.1 Å². The van der Waals surface area contributed by atoms with E-state index in [2.05, 4.69) is 5.32 Å². The number of hydrogen-bond acceptors (Lipinski definition) is 6. The van der Waals surface area contributed by atoms with Gasteiger partial charge in [0.25, 0.3) is 11.8 Å². The van der Waals surface area contributed by atoms with E-state index >= 15 is 0 Å². The van der Waals surface area contributed by atoms with Crippen LogP contribution >= 0.6 is 34.8 Å². The van der Waals surface area contributed by atoms with Crippen molar-refractivity contribution in [2.24, 2.45) is 0 Å². The number of urea groups is 1. The molecule has 0 saturated carbocycles. The number of hydrogen-bond donors (Lipinski definition) is 1. The molecule has 1 aliphatic heterocycles. The van der Waals surface area contributed by atoms with Gasteiger partial charge in [-0.25, -0.2) is 9.69 Å². The Labute approximate surface area is 262 Å². The van der Waals surface area contributed by atoms with Crippen LogP contribution in [0, 0.1) is 0 Å². The molecule has 218 valence electrons. The monoisotopic (exact) mass is 636 g/mol. The molecule has 0 radical (unpaired) electrons. The molecule has 0 unspecified atom stereocenters. The smallest absolute Gasteiger partial charge is 0.335 e. The van der Waals surface area contributed by atoms with Gasteiger partial charge in [0.05, 0.1) is 22.8 Å². The summed E-state index contributed by atoms with van der Waals surface area (Å²) in [6.45, 7) is 0.514. The third-order valence-electron chi connectivity index (χ3n) is 6.39. The van der Waals surface area contributed by atoms with Gasteiger partial charge in [-0.2, -0.15) is 0 Å². The summed E-state index contributed by atoms with van der Waals surface area (Å²) in [5.74, 6) is -0.245. The van der Waals surface area contributed by atoms with E-state index in [4.69, 9.17) is 49.0 Å². The lowest BCUT2D eigenvalue weighted by atomic mass is 10.1. The Kier molecular flexibility index (Phi) is 9.21. The fourth-order valence-electron chi connectivity index (χ4n) is 4.18. The third kappa shape index (κ3) is 7.11. The number of amides is 4. The molecule has 43 heavy (non-hydrogen) atoms. The quantitative estimate of drug-likeness (QED) is 0.151. The Morgan fingerprint density at radius 3 is 2.14 bits per heavy atom. The molecule has 8 nitrogen and oxygen atoms in total. The fourth-order valence-corrected chi connectivity index (χ4v) is 4.63. The van der Waals surface area contributed by atoms with Gasteiger partial charge >= 0.3 is 6.03 Å². The summed E-state index contributed by atoms with van der Waals surface area (Å²) in [6, 6.07) is 22.9. The first-order valence-electron chi connectivity index (χ1n) is 12.9. The number of benzene rings is 4. The Morgan fingerprint density at radius 1 is 0.744 bits per heavy atom. The van der Waals surface area contributed by atoms with E-state index in [-0.39, 0.29) is 17.9 Å². The summed E-state index contributed by atoms with van der Waals surface area (Å²) in [6.07, 6.45) is 1.38. The van der Waals surface area contributed by atoms with Crippen LogP contribution in [-0.2, 0) is 22.8 Å².